The van der Waals surface area contributed by atoms with Gasteiger partial charge in [-0.25, -0.2) is 18.0 Å². The monoisotopic (exact) mass is 417 g/mol. The van der Waals surface area contributed by atoms with Crippen LogP contribution in [0.1, 0.15) is 10.4 Å². The Morgan fingerprint density at radius 3 is 2.40 bits per heavy atom. The average Bonchev–Trinajstić information content (AvgIpc) is 2.70. The molecule has 1 N–H and O–H groups in total. The van der Waals surface area contributed by atoms with Gasteiger partial charge in [-0.2, -0.15) is 0 Å². The summed E-state index contributed by atoms with van der Waals surface area (Å²) in [5.74, 6) is -4.11. The van der Waals surface area contributed by atoms with Gasteiger partial charge in [0, 0.05) is 38.1 Å². The van der Waals surface area contributed by atoms with Crippen LogP contribution in [-0.4, -0.2) is 53.8 Å². The maximum absolute atomic E-state index is 15.7. The van der Waals surface area contributed by atoms with Crippen LogP contribution < -0.4 is 10.3 Å². The molecule has 1 aliphatic rings. The first-order chi connectivity index (χ1) is 14.3. The molecule has 0 amide bonds. The van der Waals surface area contributed by atoms with Gasteiger partial charge in [0.1, 0.15) is 22.9 Å². The topological polar surface area (TPSA) is 65.8 Å². The predicted molar refractivity (Wildman–Crippen MR) is 106 cm³/mol. The van der Waals surface area contributed by atoms with Crippen LogP contribution in [0.4, 0.5) is 18.9 Å². The average molecular weight is 417 g/mol. The van der Waals surface area contributed by atoms with Crippen LogP contribution in [0.15, 0.2) is 41.3 Å². The molecule has 2 heterocycles. The van der Waals surface area contributed by atoms with E-state index >= 15 is 4.39 Å². The number of carboxylic acids is 1. The smallest absolute Gasteiger partial charge is 0.341 e. The van der Waals surface area contributed by atoms with Crippen LogP contribution in [0, 0.1) is 17.5 Å². The number of carbonyl (C=O) groups is 1. The quantitative estimate of drug-likeness (QED) is 0.710. The molecule has 0 saturated carbocycles. The number of pyridine rings is 1. The normalized spacial score (nSPS) is 15.0. The molecule has 156 valence electrons. The molecule has 1 aromatic heterocycles. The van der Waals surface area contributed by atoms with Crippen molar-refractivity contribution in [3.8, 4) is 5.69 Å². The van der Waals surface area contributed by atoms with E-state index in [1.165, 1.54) is 18.2 Å². The third-order valence-electron chi connectivity index (χ3n) is 5.29. The summed E-state index contributed by atoms with van der Waals surface area (Å²) in [7, 11) is 1.90. The number of halogens is 3. The number of aromatic nitrogens is 1. The molecule has 0 atom stereocenters. The molecule has 0 spiro atoms. The Morgan fingerprint density at radius 2 is 1.77 bits per heavy atom. The van der Waals surface area contributed by atoms with Gasteiger partial charge in [-0.15, -0.1) is 0 Å². The Kier molecular flexibility index (Phi) is 4.98. The summed E-state index contributed by atoms with van der Waals surface area (Å²) >= 11 is 0. The molecule has 2 aromatic carbocycles. The summed E-state index contributed by atoms with van der Waals surface area (Å²) in [6.07, 6.45) is 0.941. The van der Waals surface area contributed by atoms with E-state index in [4.69, 9.17) is 0 Å². The minimum Gasteiger partial charge on any atom is -0.477 e. The highest BCUT2D eigenvalue weighted by Gasteiger charge is 2.27. The molecular weight excluding hydrogens is 399 g/mol. The number of anilines is 1. The van der Waals surface area contributed by atoms with E-state index in [1.807, 2.05) is 11.9 Å². The molecule has 6 nitrogen and oxygen atoms in total. The second kappa shape index (κ2) is 7.49. The minimum atomic E-state index is -1.55. The van der Waals surface area contributed by atoms with Crippen LogP contribution in [0.2, 0.25) is 0 Å². The lowest BCUT2D eigenvalue weighted by molar-refractivity contribution is 0.0695. The van der Waals surface area contributed by atoms with Crippen LogP contribution in [0.3, 0.4) is 0 Å². The van der Waals surface area contributed by atoms with Gasteiger partial charge in [0.25, 0.3) is 0 Å². The molecule has 30 heavy (non-hydrogen) atoms. The standard InChI is InChI=1S/C21H18F3N3O3/c1-25-5-7-26(8-6-25)19-16(23)10-14-18(17(19)24)27(11-15(20(14)28)21(29)30)13-4-2-3-12(22)9-13/h2-4,9-11H,5-8H2,1H3,(H,29,30). The number of carboxylic acid groups (broad SMARTS) is 1. The minimum absolute atomic E-state index is 0.109. The van der Waals surface area contributed by atoms with E-state index in [1.54, 1.807) is 4.90 Å². The first-order valence-corrected chi connectivity index (χ1v) is 9.28. The number of rotatable bonds is 3. The van der Waals surface area contributed by atoms with Crippen LogP contribution in [0.5, 0.6) is 0 Å². The van der Waals surface area contributed by atoms with Crippen LogP contribution in [0.25, 0.3) is 16.6 Å². The highest BCUT2D eigenvalue weighted by molar-refractivity contribution is 5.94. The number of aromatic carboxylic acids is 1. The third kappa shape index (κ3) is 3.30. The van der Waals surface area contributed by atoms with E-state index in [9.17, 15) is 23.5 Å². The molecule has 0 unspecified atom stereocenters. The van der Waals surface area contributed by atoms with Gasteiger partial charge in [0.05, 0.1) is 10.9 Å². The molecule has 0 aliphatic carbocycles. The van der Waals surface area contributed by atoms with Crippen molar-refractivity contribution in [2.75, 3.05) is 38.1 Å². The van der Waals surface area contributed by atoms with Gasteiger partial charge in [-0.1, -0.05) is 6.07 Å². The van der Waals surface area contributed by atoms with Gasteiger partial charge >= 0.3 is 5.97 Å². The lowest BCUT2D eigenvalue weighted by Crippen LogP contribution is -2.45. The number of hydrogen-bond donors (Lipinski definition) is 1. The zero-order valence-corrected chi connectivity index (χ0v) is 16.0. The van der Waals surface area contributed by atoms with Gasteiger partial charge in [0.15, 0.2) is 5.82 Å². The van der Waals surface area contributed by atoms with Crippen molar-refractivity contribution < 1.29 is 23.1 Å². The first-order valence-electron chi connectivity index (χ1n) is 9.28. The molecule has 4 rings (SSSR count). The van der Waals surface area contributed by atoms with Crippen LogP contribution in [-0.2, 0) is 0 Å². The zero-order chi connectivity index (χ0) is 21.6. The van der Waals surface area contributed by atoms with Crippen LogP contribution >= 0.6 is 0 Å². The number of nitrogens with zero attached hydrogens (tertiary/aromatic N) is 3. The zero-order valence-electron chi connectivity index (χ0n) is 16.0. The van der Waals surface area contributed by atoms with Crippen molar-refractivity contribution in [2.24, 2.45) is 0 Å². The van der Waals surface area contributed by atoms with E-state index in [-0.39, 0.29) is 16.9 Å². The van der Waals surface area contributed by atoms with Gasteiger partial charge in [-0.05, 0) is 31.3 Å². The molecule has 1 saturated heterocycles. The summed E-state index contributed by atoms with van der Waals surface area (Å²) in [5.41, 5.74) is -2.16. The van der Waals surface area contributed by atoms with Crippen molar-refractivity contribution >= 4 is 22.6 Å². The number of fused-ring (bicyclic) bond motifs is 1. The van der Waals surface area contributed by atoms with Gasteiger partial charge in [0.2, 0.25) is 5.43 Å². The van der Waals surface area contributed by atoms with Crippen molar-refractivity contribution in [1.29, 1.82) is 0 Å². The predicted octanol–water partition coefficient (Wildman–Crippen LogP) is 2.86. The van der Waals surface area contributed by atoms with Crippen molar-refractivity contribution in [1.82, 2.24) is 9.47 Å². The Labute approximate surface area is 169 Å². The number of hydrogen-bond acceptors (Lipinski definition) is 4. The van der Waals surface area contributed by atoms with Crippen molar-refractivity contribution in [3.63, 3.8) is 0 Å². The molecule has 9 heteroatoms. The Bertz CT molecular complexity index is 1220. The summed E-state index contributed by atoms with van der Waals surface area (Å²) in [6.45, 7) is 1.97. The van der Waals surface area contributed by atoms with Gasteiger partial charge in [-0.3, -0.25) is 4.79 Å². The Hall–Kier alpha value is -3.33. The summed E-state index contributed by atoms with van der Waals surface area (Å²) in [6, 6.07) is 5.93. The van der Waals surface area contributed by atoms with Crippen molar-refractivity contribution in [3.05, 3.63) is 69.8 Å². The molecule has 3 aromatic rings. The maximum atomic E-state index is 15.7. The second-order valence-corrected chi connectivity index (χ2v) is 7.23. The molecule has 0 bridgehead atoms. The second-order valence-electron chi connectivity index (χ2n) is 7.23. The largest absolute Gasteiger partial charge is 0.477 e. The first kappa shape index (κ1) is 20.0. The lowest BCUT2D eigenvalue weighted by atomic mass is 10.1. The van der Waals surface area contributed by atoms with Gasteiger partial charge < -0.3 is 19.5 Å². The number of likely N-dealkylation sites (N-methyl/N-ethyl adjacent to an activating group) is 1. The SMILES string of the molecule is CN1CCN(c2c(F)cc3c(=O)c(C(=O)O)cn(-c4cccc(F)c4)c3c2F)CC1. The summed E-state index contributed by atoms with van der Waals surface area (Å²) in [4.78, 5) is 27.8. The fraction of sp³-hybridized carbons (Fsp3) is 0.238. The molecule has 1 fully saturated rings. The fourth-order valence-electron chi connectivity index (χ4n) is 3.71. The third-order valence-corrected chi connectivity index (χ3v) is 5.29. The number of benzene rings is 2. The fourth-order valence-corrected chi connectivity index (χ4v) is 3.71. The Morgan fingerprint density at radius 1 is 1.07 bits per heavy atom. The highest BCUT2D eigenvalue weighted by atomic mass is 19.1. The van der Waals surface area contributed by atoms with E-state index in [0.717, 1.165) is 22.9 Å². The summed E-state index contributed by atoms with van der Waals surface area (Å²) < 4.78 is 45.5. The van der Waals surface area contributed by atoms with E-state index in [2.05, 4.69) is 0 Å². The van der Waals surface area contributed by atoms with Crippen molar-refractivity contribution in [2.45, 2.75) is 0 Å². The molecule has 0 radical (unpaired) electrons. The molecular formula is C21H18F3N3O3. The van der Waals surface area contributed by atoms with E-state index in [0.29, 0.717) is 26.2 Å². The Balaban J connectivity index is 2.06. The number of piperazine rings is 1. The lowest BCUT2D eigenvalue weighted by Gasteiger charge is -2.34. The summed E-state index contributed by atoms with van der Waals surface area (Å²) in [5, 5.41) is 8.96. The maximum Gasteiger partial charge on any atom is 0.341 e. The van der Waals surface area contributed by atoms with E-state index < -0.39 is 39.8 Å². The molecule has 1 aliphatic heterocycles. The highest BCUT2D eigenvalue weighted by Crippen LogP contribution is 2.32.